The van der Waals surface area contributed by atoms with Gasteiger partial charge in [0.15, 0.2) is 0 Å². The van der Waals surface area contributed by atoms with E-state index < -0.39 is 0 Å². The van der Waals surface area contributed by atoms with Gasteiger partial charge in [-0.15, -0.1) is 0 Å². The predicted octanol–water partition coefficient (Wildman–Crippen LogP) is 4.10. The normalized spacial score (nSPS) is 14.9. The first kappa shape index (κ1) is 21.0. The molecule has 26 heavy (non-hydrogen) atoms. The first-order chi connectivity index (χ1) is 12.7. The van der Waals surface area contributed by atoms with E-state index in [0.717, 1.165) is 62.9 Å². The maximum atomic E-state index is 5.72. The standard InChI is InChI=1S/C20H36N4O2/c1-4-6-13-25-15-12-18-21-19(17-10-8-9-11-17)23-20(22-18)24(3)16-26-14-7-5-2/h17H,4-16H2,1-3H3. The van der Waals surface area contributed by atoms with E-state index in [1.165, 1.54) is 25.7 Å². The van der Waals surface area contributed by atoms with Gasteiger partial charge in [-0.3, -0.25) is 0 Å². The molecule has 0 saturated heterocycles. The summed E-state index contributed by atoms with van der Waals surface area (Å²) in [6.07, 6.45) is 10.2. The van der Waals surface area contributed by atoms with Crippen LogP contribution in [-0.2, 0) is 15.9 Å². The molecule has 0 radical (unpaired) electrons. The maximum Gasteiger partial charge on any atom is 0.230 e. The van der Waals surface area contributed by atoms with Crippen LogP contribution in [0.3, 0.4) is 0 Å². The minimum Gasteiger partial charge on any atom is -0.381 e. The second kappa shape index (κ2) is 12.2. The van der Waals surface area contributed by atoms with Crippen LogP contribution in [0.5, 0.6) is 0 Å². The Morgan fingerprint density at radius 1 is 0.923 bits per heavy atom. The van der Waals surface area contributed by atoms with Crippen LogP contribution in [0.4, 0.5) is 5.95 Å². The SMILES string of the molecule is CCCCOCCc1nc(C2CCCC2)nc(N(C)COCCCC)n1. The second-order valence-corrected chi connectivity index (χ2v) is 7.20. The molecule has 0 bridgehead atoms. The molecule has 6 heteroatoms. The van der Waals surface area contributed by atoms with E-state index in [-0.39, 0.29) is 0 Å². The molecule has 0 aromatic carbocycles. The largest absolute Gasteiger partial charge is 0.381 e. The highest BCUT2D eigenvalue weighted by Gasteiger charge is 2.22. The molecule has 1 saturated carbocycles. The van der Waals surface area contributed by atoms with Gasteiger partial charge in [-0.05, 0) is 25.7 Å². The fourth-order valence-electron chi connectivity index (χ4n) is 3.09. The average Bonchev–Trinajstić information content (AvgIpc) is 3.19. The van der Waals surface area contributed by atoms with Gasteiger partial charge in [0, 0.05) is 32.6 Å². The molecule has 1 aromatic rings. The summed E-state index contributed by atoms with van der Waals surface area (Å²) in [5.74, 6) is 3.00. The molecule has 1 aliphatic rings. The highest BCUT2D eigenvalue weighted by molar-refractivity contribution is 5.28. The molecule has 0 N–H and O–H groups in total. The molecule has 148 valence electrons. The summed E-state index contributed by atoms with van der Waals surface area (Å²) in [5, 5.41) is 0. The fraction of sp³-hybridized carbons (Fsp3) is 0.850. The Balaban J connectivity index is 1.99. The molecule has 2 rings (SSSR count). The van der Waals surface area contributed by atoms with E-state index in [9.17, 15) is 0 Å². The predicted molar refractivity (Wildman–Crippen MR) is 105 cm³/mol. The summed E-state index contributed by atoms with van der Waals surface area (Å²) < 4.78 is 11.4. The number of hydrogen-bond acceptors (Lipinski definition) is 6. The van der Waals surface area contributed by atoms with Gasteiger partial charge in [0.1, 0.15) is 18.4 Å². The van der Waals surface area contributed by atoms with Crippen LogP contribution in [0.2, 0.25) is 0 Å². The van der Waals surface area contributed by atoms with Crippen molar-refractivity contribution >= 4 is 5.95 Å². The zero-order chi connectivity index (χ0) is 18.6. The highest BCUT2D eigenvalue weighted by atomic mass is 16.5. The van der Waals surface area contributed by atoms with Crippen LogP contribution in [0.1, 0.15) is 82.8 Å². The van der Waals surface area contributed by atoms with E-state index in [1.54, 1.807) is 0 Å². The third-order valence-corrected chi connectivity index (χ3v) is 4.79. The van der Waals surface area contributed by atoms with Crippen LogP contribution in [-0.4, -0.2) is 48.6 Å². The molecular weight excluding hydrogens is 328 g/mol. The van der Waals surface area contributed by atoms with E-state index in [0.29, 0.717) is 19.3 Å². The van der Waals surface area contributed by atoms with Crippen molar-refractivity contribution in [3.05, 3.63) is 11.6 Å². The van der Waals surface area contributed by atoms with Gasteiger partial charge in [-0.2, -0.15) is 9.97 Å². The van der Waals surface area contributed by atoms with Gasteiger partial charge in [0.25, 0.3) is 0 Å². The van der Waals surface area contributed by atoms with Gasteiger partial charge in [0.05, 0.1) is 6.61 Å². The van der Waals surface area contributed by atoms with Crippen LogP contribution >= 0.6 is 0 Å². The number of anilines is 1. The number of hydrogen-bond donors (Lipinski definition) is 0. The first-order valence-corrected chi connectivity index (χ1v) is 10.4. The van der Waals surface area contributed by atoms with Crippen molar-refractivity contribution in [2.45, 2.75) is 77.6 Å². The van der Waals surface area contributed by atoms with Crippen LogP contribution < -0.4 is 4.90 Å². The van der Waals surface area contributed by atoms with Gasteiger partial charge < -0.3 is 14.4 Å². The zero-order valence-electron chi connectivity index (χ0n) is 16.9. The van der Waals surface area contributed by atoms with Crippen molar-refractivity contribution in [1.82, 2.24) is 15.0 Å². The van der Waals surface area contributed by atoms with Crippen LogP contribution in [0.15, 0.2) is 0 Å². The summed E-state index contributed by atoms with van der Waals surface area (Å²) in [6, 6.07) is 0. The van der Waals surface area contributed by atoms with Crippen molar-refractivity contribution in [2.24, 2.45) is 0 Å². The molecule has 0 atom stereocenters. The van der Waals surface area contributed by atoms with Crippen molar-refractivity contribution in [3.63, 3.8) is 0 Å². The Morgan fingerprint density at radius 2 is 1.62 bits per heavy atom. The van der Waals surface area contributed by atoms with Crippen molar-refractivity contribution in [1.29, 1.82) is 0 Å². The van der Waals surface area contributed by atoms with Gasteiger partial charge >= 0.3 is 0 Å². The second-order valence-electron chi connectivity index (χ2n) is 7.20. The number of unbranched alkanes of at least 4 members (excludes halogenated alkanes) is 2. The Morgan fingerprint density at radius 3 is 2.31 bits per heavy atom. The smallest absolute Gasteiger partial charge is 0.230 e. The van der Waals surface area contributed by atoms with Crippen molar-refractivity contribution in [3.8, 4) is 0 Å². The average molecular weight is 365 g/mol. The minimum atomic E-state index is 0.478. The molecule has 1 aliphatic carbocycles. The van der Waals surface area contributed by atoms with Gasteiger partial charge in [-0.1, -0.05) is 39.5 Å². The molecule has 0 spiro atoms. The monoisotopic (exact) mass is 364 g/mol. The molecule has 0 aliphatic heterocycles. The van der Waals surface area contributed by atoms with Gasteiger partial charge in [0.2, 0.25) is 5.95 Å². The third kappa shape index (κ3) is 7.16. The molecular formula is C20H36N4O2. The Hall–Kier alpha value is -1.27. The van der Waals surface area contributed by atoms with Crippen LogP contribution in [0, 0.1) is 0 Å². The van der Waals surface area contributed by atoms with Crippen molar-refractivity contribution < 1.29 is 9.47 Å². The molecule has 6 nitrogen and oxygen atoms in total. The molecule has 1 heterocycles. The summed E-state index contributed by atoms with van der Waals surface area (Å²) in [4.78, 5) is 16.2. The number of rotatable bonds is 13. The lowest BCUT2D eigenvalue weighted by molar-refractivity contribution is 0.132. The summed E-state index contributed by atoms with van der Waals surface area (Å²) in [6.45, 7) is 7.12. The summed E-state index contributed by atoms with van der Waals surface area (Å²) >= 11 is 0. The number of nitrogens with zero attached hydrogens (tertiary/aromatic N) is 4. The lowest BCUT2D eigenvalue weighted by Gasteiger charge is -2.19. The topological polar surface area (TPSA) is 60.4 Å². The van der Waals surface area contributed by atoms with Crippen molar-refractivity contribution in [2.75, 3.05) is 38.5 Å². The number of ether oxygens (including phenoxy) is 2. The molecule has 1 fully saturated rings. The quantitative estimate of drug-likeness (QED) is 0.388. The zero-order valence-corrected chi connectivity index (χ0v) is 16.9. The van der Waals surface area contributed by atoms with E-state index in [1.807, 2.05) is 11.9 Å². The Kier molecular flexibility index (Phi) is 9.85. The minimum absolute atomic E-state index is 0.478. The highest BCUT2D eigenvalue weighted by Crippen LogP contribution is 2.32. The van der Waals surface area contributed by atoms with E-state index in [4.69, 9.17) is 19.4 Å². The van der Waals surface area contributed by atoms with E-state index in [2.05, 4.69) is 18.8 Å². The fourth-order valence-corrected chi connectivity index (χ4v) is 3.09. The summed E-state index contributed by atoms with van der Waals surface area (Å²) in [7, 11) is 1.99. The summed E-state index contributed by atoms with van der Waals surface area (Å²) in [5.41, 5.74) is 0. The first-order valence-electron chi connectivity index (χ1n) is 10.4. The lowest BCUT2D eigenvalue weighted by atomic mass is 10.1. The number of aromatic nitrogens is 3. The van der Waals surface area contributed by atoms with Crippen LogP contribution in [0.25, 0.3) is 0 Å². The third-order valence-electron chi connectivity index (χ3n) is 4.79. The van der Waals surface area contributed by atoms with E-state index >= 15 is 0 Å². The maximum absolute atomic E-state index is 5.72. The van der Waals surface area contributed by atoms with Gasteiger partial charge in [-0.25, -0.2) is 4.98 Å². The lowest BCUT2D eigenvalue weighted by Crippen LogP contribution is -2.25. The molecule has 0 amide bonds. The molecule has 1 aromatic heterocycles. The Bertz CT molecular complexity index is 507. The molecule has 0 unspecified atom stereocenters. The Labute approximate surface area is 158 Å².